The molecule has 2 atom stereocenters. The van der Waals surface area contributed by atoms with Gasteiger partial charge in [-0.25, -0.2) is 0 Å². The molecule has 1 heterocycles. The van der Waals surface area contributed by atoms with Gasteiger partial charge in [-0.3, -0.25) is 4.79 Å². The molecule has 1 unspecified atom stereocenters. The lowest BCUT2D eigenvalue weighted by molar-refractivity contribution is -0.124. The number of carbonyl (C=O) groups excluding carboxylic acids is 1. The summed E-state index contributed by atoms with van der Waals surface area (Å²) in [5.74, 6) is -0.0886. The zero-order valence-corrected chi connectivity index (χ0v) is 10.5. The average Bonchev–Trinajstić information content (AvgIpc) is 2.41. The number of nitrogens with one attached hydrogen (secondary N) is 1. The third kappa shape index (κ3) is 3.82. The Kier molecular flexibility index (Phi) is 4.73. The lowest BCUT2D eigenvalue weighted by atomic mass is 10.0. The van der Waals surface area contributed by atoms with E-state index >= 15 is 0 Å². The highest BCUT2D eigenvalue weighted by atomic mass is 16.5. The summed E-state index contributed by atoms with van der Waals surface area (Å²) in [5.41, 5.74) is 7.00. The minimum atomic E-state index is -0.491. The van der Waals surface area contributed by atoms with Crippen LogP contribution in [0.15, 0.2) is 30.3 Å². The molecule has 98 valence electrons. The van der Waals surface area contributed by atoms with Crippen molar-refractivity contribution in [2.45, 2.75) is 31.3 Å². The normalized spacial score (nSPS) is 21.3. The number of benzene rings is 1. The molecule has 2 rings (SSSR count). The standard InChI is InChI=1S/C14H20N2O2/c15-13(9-11-5-2-1-3-6-11)14(17)16-12-7-4-8-18-10-12/h1-3,5-6,12-13H,4,7-10,15H2,(H,16,17)/t12?,13-/m0/s1. The molecule has 1 aromatic carbocycles. The molecule has 4 heteroatoms. The number of rotatable bonds is 4. The average molecular weight is 248 g/mol. The van der Waals surface area contributed by atoms with Crippen molar-refractivity contribution in [3.63, 3.8) is 0 Å². The molecule has 1 aliphatic rings. The molecule has 0 saturated carbocycles. The van der Waals surface area contributed by atoms with Crippen LogP contribution in [0.4, 0.5) is 0 Å². The molecule has 0 aliphatic carbocycles. The van der Waals surface area contributed by atoms with E-state index < -0.39 is 6.04 Å². The maximum atomic E-state index is 11.9. The van der Waals surface area contributed by atoms with Crippen molar-refractivity contribution >= 4 is 5.91 Å². The first-order valence-electron chi connectivity index (χ1n) is 6.43. The molecule has 0 radical (unpaired) electrons. The molecule has 1 fully saturated rings. The van der Waals surface area contributed by atoms with Crippen LogP contribution in [0.1, 0.15) is 18.4 Å². The van der Waals surface area contributed by atoms with Crippen molar-refractivity contribution in [3.8, 4) is 0 Å². The van der Waals surface area contributed by atoms with Gasteiger partial charge in [0.15, 0.2) is 0 Å². The van der Waals surface area contributed by atoms with Crippen LogP contribution in [0.5, 0.6) is 0 Å². The van der Waals surface area contributed by atoms with E-state index in [0.717, 1.165) is 25.0 Å². The Balaban J connectivity index is 1.81. The highest BCUT2D eigenvalue weighted by Gasteiger charge is 2.20. The molecule has 0 spiro atoms. The minimum absolute atomic E-state index is 0.0886. The zero-order valence-electron chi connectivity index (χ0n) is 10.5. The van der Waals surface area contributed by atoms with E-state index in [1.54, 1.807) is 0 Å². The summed E-state index contributed by atoms with van der Waals surface area (Å²) in [6.07, 6.45) is 2.54. The molecule has 1 aliphatic heterocycles. The fourth-order valence-electron chi connectivity index (χ4n) is 2.12. The SMILES string of the molecule is N[C@@H](Cc1ccccc1)C(=O)NC1CCCOC1. The topological polar surface area (TPSA) is 64.4 Å². The van der Waals surface area contributed by atoms with Gasteiger partial charge in [0.1, 0.15) is 0 Å². The number of hydrogen-bond acceptors (Lipinski definition) is 3. The molecule has 0 aromatic heterocycles. The molecule has 3 N–H and O–H groups in total. The smallest absolute Gasteiger partial charge is 0.237 e. The molecule has 1 amide bonds. The number of amides is 1. The molecule has 18 heavy (non-hydrogen) atoms. The Morgan fingerprint density at radius 2 is 2.22 bits per heavy atom. The highest BCUT2D eigenvalue weighted by molar-refractivity contribution is 5.82. The quantitative estimate of drug-likeness (QED) is 0.830. The molecule has 1 aromatic rings. The second kappa shape index (κ2) is 6.52. The second-order valence-electron chi connectivity index (χ2n) is 4.72. The van der Waals surface area contributed by atoms with Gasteiger partial charge in [-0.15, -0.1) is 0 Å². The monoisotopic (exact) mass is 248 g/mol. The van der Waals surface area contributed by atoms with Crippen molar-refractivity contribution in [1.82, 2.24) is 5.32 Å². The van der Waals surface area contributed by atoms with Crippen molar-refractivity contribution in [1.29, 1.82) is 0 Å². The van der Waals surface area contributed by atoms with E-state index in [2.05, 4.69) is 5.32 Å². The number of ether oxygens (including phenoxy) is 1. The van der Waals surface area contributed by atoms with Gasteiger partial charge >= 0.3 is 0 Å². The third-order valence-electron chi connectivity index (χ3n) is 3.14. The lowest BCUT2D eigenvalue weighted by Crippen LogP contribution is -2.48. The van der Waals surface area contributed by atoms with Crippen molar-refractivity contribution in [3.05, 3.63) is 35.9 Å². The maximum Gasteiger partial charge on any atom is 0.237 e. The van der Waals surface area contributed by atoms with Crippen LogP contribution in [-0.2, 0) is 16.0 Å². The van der Waals surface area contributed by atoms with E-state index in [1.165, 1.54) is 0 Å². The van der Waals surface area contributed by atoms with Crippen molar-refractivity contribution in [2.75, 3.05) is 13.2 Å². The summed E-state index contributed by atoms with van der Waals surface area (Å²) in [5, 5.41) is 2.95. The fourth-order valence-corrected chi connectivity index (χ4v) is 2.12. The first-order chi connectivity index (χ1) is 8.75. The van der Waals surface area contributed by atoms with E-state index in [1.807, 2.05) is 30.3 Å². The second-order valence-corrected chi connectivity index (χ2v) is 4.72. The minimum Gasteiger partial charge on any atom is -0.379 e. The highest BCUT2D eigenvalue weighted by Crippen LogP contribution is 2.07. The Bertz CT molecular complexity index is 375. The Morgan fingerprint density at radius 3 is 2.89 bits per heavy atom. The summed E-state index contributed by atoms with van der Waals surface area (Å²) in [6.45, 7) is 1.40. The third-order valence-corrected chi connectivity index (χ3v) is 3.14. The van der Waals surface area contributed by atoms with Gasteiger partial charge in [0.2, 0.25) is 5.91 Å². The number of nitrogens with two attached hydrogens (primary N) is 1. The summed E-state index contributed by atoms with van der Waals surface area (Å²) in [7, 11) is 0. The van der Waals surface area contributed by atoms with Crippen LogP contribution in [0, 0.1) is 0 Å². The fraction of sp³-hybridized carbons (Fsp3) is 0.500. The predicted molar refractivity (Wildman–Crippen MR) is 70.1 cm³/mol. The van der Waals surface area contributed by atoms with Gasteiger partial charge in [0.05, 0.1) is 18.7 Å². The summed E-state index contributed by atoms with van der Waals surface area (Å²) in [4.78, 5) is 11.9. The first-order valence-corrected chi connectivity index (χ1v) is 6.43. The van der Waals surface area contributed by atoms with Gasteiger partial charge < -0.3 is 15.8 Å². The summed E-state index contributed by atoms with van der Waals surface area (Å²) < 4.78 is 5.33. The van der Waals surface area contributed by atoms with Crippen LogP contribution in [0.2, 0.25) is 0 Å². The first kappa shape index (κ1) is 13.1. The van der Waals surface area contributed by atoms with Crippen LogP contribution in [-0.4, -0.2) is 31.2 Å². The number of hydrogen-bond donors (Lipinski definition) is 2. The lowest BCUT2D eigenvalue weighted by Gasteiger charge is -2.24. The summed E-state index contributed by atoms with van der Waals surface area (Å²) in [6, 6.07) is 9.45. The molecule has 4 nitrogen and oxygen atoms in total. The number of carbonyl (C=O) groups is 1. The van der Waals surface area contributed by atoms with Crippen LogP contribution < -0.4 is 11.1 Å². The van der Waals surface area contributed by atoms with Gasteiger partial charge in [-0.2, -0.15) is 0 Å². The van der Waals surface area contributed by atoms with Gasteiger partial charge in [-0.05, 0) is 24.8 Å². The molecule has 1 saturated heterocycles. The van der Waals surface area contributed by atoms with Gasteiger partial charge in [0.25, 0.3) is 0 Å². The van der Waals surface area contributed by atoms with Crippen LogP contribution in [0.25, 0.3) is 0 Å². The van der Waals surface area contributed by atoms with E-state index in [4.69, 9.17) is 10.5 Å². The van der Waals surface area contributed by atoms with Gasteiger partial charge in [0, 0.05) is 6.61 Å². The largest absolute Gasteiger partial charge is 0.379 e. The van der Waals surface area contributed by atoms with Crippen molar-refractivity contribution < 1.29 is 9.53 Å². The Labute approximate surface area is 108 Å². The van der Waals surface area contributed by atoms with E-state index in [9.17, 15) is 4.79 Å². The maximum absolute atomic E-state index is 11.9. The van der Waals surface area contributed by atoms with Gasteiger partial charge in [-0.1, -0.05) is 30.3 Å². The van der Waals surface area contributed by atoms with Crippen LogP contribution in [0.3, 0.4) is 0 Å². The van der Waals surface area contributed by atoms with E-state index in [0.29, 0.717) is 13.0 Å². The Hall–Kier alpha value is -1.39. The molecular weight excluding hydrogens is 228 g/mol. The molecular formula is C14H20N2O2. The van der Waals surface area contributed by atoms with Crippen LogP contribution >= 0.6 is 0 Å². The summed E-state index contributed by atoms with van der Waals surface area (Å²) >= 11 is 0. The van der Waals surface area contributed by atoms with Crippen molar-refractivity contribution in [2.24, 2.45) is 5.73 Å². The zero-order chi connectivity index (χ0) is 12.8. The molecule has 0 bridgehead atoms. The predicted octanol–water partition coefficient (Wildman–Crippen LogP) is 0.852. The Morgan fingerprint density at radius 1 is 1.44 bits per heavy atom. The van der Waals surface area contributed by atoms with E-state index in [-0.39, 0.29) is 11.9 Å².